The molecule has 3 aromatic heterocycles. The van der Waals surface area contributed by atoms with E-state index < -0.39 is 0 Å². The number of nitrogens with zero attached hydrogens (tertiary/aromatic N) is 4. The summed E-state index contributed by atoms with van der Waals surface area (Å²) in [6, 6.07) is 11.7. The molecule has 152 valence electrons. The van der Waals surface area contributed by atoms with Crippen molar-refractivity contribution in [1.82, 2.24) is 24.6 Å². The maximum Gasteiger partial charge on any atom is 0.227 e. The average molecular weight is 420 g/mol. The first-order valence-electron chi connectivity index (χ1n) is 9.86. The van der Waals surface area contributed by atoms with Gasteiger partial charge in [0.2, 0.25) is 11.9 Å². The molecule has 1 aliphatic rings. The van der Waals surface area contributed by atoms with Gasteiger partial charge in [-0.05, 0) is 44.0 Å². The summed E-state index contributed by atoms with van der Waals surface area (Å²) < 4.78 is 1.88. The average Bonchev–Trinajstić information content (AvgIpc) is 3.31. The lowest BCUT2D eigenvalue weighted by molar-refractivity contribution is -0.122. The molecule has 9 heteroatoms. The monoisotopic (exact) mass is 419 g/mol. The van der Waals surface area contributed by atoms with Crippen molar-refractivity contribution in [2.75, 3.05) is 10.6 Å². The maximum absolute atomic E-state index is 12.1. The second-order valence-corrected chi connectivity index (χ2v) is 8.47. The third-order valence-electron chi connectivity index (χ3n) is 5.13. The molecule has 0 saturated heterocycles. The van der Waals surface area contributed by atoms with E-state index in [0.717, 1.165) is 46.2 Å². The van der Waals surface area contributed by atoms with Gasteiger partial charge in [0.1, 0.15) is 10.7 Å². The molecule has 5 rings (SSSR count). The van der Waals surface area contributed by atoms with Crippen LogP contribution in [-0.2, 0) is 4.79 Å². The summed E-state index contributed by atoms with van der Waals surface area (Å²) in [7, 11) is 0. The highest BCUT2D eigenvalue weighted by molar-refractivity contribution is 7.99. The van der Waals surface area contributed by atoms with Crippen LogP contribution in [0.2, 0.25) is 0 Å². The first-order valence-corrected chi connectivity index (χ1v) is 10.7. The minimum absolute atomic E-state index is 0.123. The topological polar surface area (TPSA) is 100 Å². The molecule has 0 bridgehead atoms. The van der Waals surface area contributed by atoms with Crippen LogP contribution in [-0.4, -0.2) is 30.5 Å². The fourth-order valence-electron chi connectivity index (χ4n) is 3.28. The normalized spacial score (nSPS) is 13.9. The van der Waals surface area contributed by atoms with Gasteiger partial charge < -0.3 is 10.6 Å². The number of carbonyl (C=O) groups excluding carboxylic acids is 1. The fraction of sp³-hybridized carbons (Fsp3) is 0.238. The van der Waals surface area contributed by atoms with Crippen molar-refractivity contribution in [3.8, 4) is 0 Å². The van der Waals surface area contributed by atoms with Gasteiger partial charge in [-0.3, -0.25) is 14.3 Å². The highest BCUT2D eigenvalue weighted by Gasteiger charge is 2.25. The smallest absolute Gasteiger partial charge is 0.227 e. The molecule has 1 aromatic carbocycles. The van der Waals surface area contributed by atoms with Gasteiger partial charge in [-0.25, -0.2) is 9.97 Å². The Morgan fingerprint density at radius 2 is 2.07 bits per heavy atom. The first kappa shape index (κ1) is 18.7. The van der Waals surface area contributed by atoms with E-state index in [1.165, 1.54) is 11.8 Å². The maximum atomic E-state index is 12.1. The van der Waals surface area contributed by atoms with Crippen LogP contribution in [0.15, 0.2) is 58.7 Å². The van der Waals surface area contributed by atoms with Crippen LogP contribution in [0.3, 0.4) is 0 Å². The fourth-order valence-corrected chi connectivity index (χ4v) is 4.09. The van der Waals surface area contributed by atoms with Crippen LogP contribution in [0.4, 0.5) is 17.5 Å². The van der Waals surface area contributed by atoms with Gasteiger partial charge in [0.25, 0.3) is 0 Å². The zero-order valence-electron chi connectivity index (χ0n) is 16.4. The Morgan fingerprint density at radius 3 is 2.77 bits per heavy atom. The number of carbonyl (C=O) groups is 1. The summed E-state index contributed by atoms with van der Waals surface area (Å²) in [4.78, 5) is 22.3. The zero-order valence-corrected chi connectivity index (χ0v) is 17.2. The number of aromatic amines is 1. The molecule has 1 saturated carbocycles. The van der Waals surface area contributed by atoms with E-state index in [1.807, 2.05) is 53.9 Å². The van der Waals surface area contributed by atoms with Gasteiger partial charge in [-0.2, -0.15) is 5.10 Å². The first-order chi connectivity index (χ1) is 14.6. The largest absolute Gasteiger partial charge is 0.326 e. The van der Waals surface area contributed by atoms with Crippen molar-refractivity contribution < 1.29 is 4.79 Å². The van der Waals surface area contributed by atoms with Gasteiger partial charge in [0.05, 0.1) is 0 Å². The molecule has 0 aliphatic heterocycles. The minimum Gasteiger partial charge on any atom is -0.326 e. The second-order valence-electron chi connectivity index (χ2n) is 7.38. The molecule has 1 amide bonds. The molecule has 1 fully saturated rings. The highest BCUT2D eigenvalue weighted by Crippen LogP contribution is 2.31. The lowest BCUT2D eigenvalue weighted by Crippen LogP contribution is -2.27. The Hall–Kier alpha value is -3.33. The molecule has 0 atom stereocenters. The van der Waals surface area contributed by atoms with Crippen LogP contribution in [0.5, 0.6) is 0 Å². The number of benzene rings is 1. The molecule has 3 N–H and O–H groups in total. The predicted molar refractivity (Wildman–Crippen MR) is 116 cm³/mol. The van der Waals surface area contributed by atoms with Crippen molar-refractivity contribution in [2.24, 2.45) is 5.92 Å². The minimum atomic E-state index is 0.123. The number of imidazole rings is 1. The number of aromatic nitrogens is 5. The number of fused-ring (bicyclic) bond motifs is 1. The van der Waals surface area contributed by atoms with E-state index in [-0.39, 0.29) is 11.8 Å². The Balaban J connectivity index is 1.34. The Morgan fingerprint density at radius 1 is 1.23 bits per heavy atom. The standard InChI is InChI=1S/C21H21N7OS/c1-13-11-17(27-26-13)24-21-25-19(12-18-22-9-10-28(18)21)30-16-7-5-15(6-8-16)23-20(29)14-3-2-4-14/h5-12,14H,2-4H2,1H3,(H,23,29)(H2,24,25,26,27). The molecule has 30 heavy (non-hydrogen) atoms. The number of nitrogens with one attached hydrogen (secondary N) is 3. The van der Waals surface area contributed by atoms with Gasteiger partial charge in [0.15, 0.2) is 5.82 Å². The van der Waals surface area contributed by atoms with Crippen LogP contribution < -0.4 is 10.6 Å². The Labute approximate surface area is 177 Å². The molecule has 0 radical (unpaired) electrons. The van der Waals surface area contributed by atoms with Gasteiger partial charge in [-0.15, -0.1) is 0 Å². The van der Waals surface area contributed by atoms with E-state index in [1.54, 1.807) is 6.20 Å². The summed E-state index contributed by atoms with van der Waals surface area (Å²) >= 11 is 1.54. The predicted octanol–water partition coefficient (Wildman–Crippen LogP) is 4.39. The Kier molecular flexibility index (Phi) is 4.88. The number of hydrogen-bond acceptors (Lipinski definition) is 6. The summed E-state index contributed by atoms with van der Waals surface area (Å²) in [5, 5.41) is 14.2. The molecule has 0 spiro atoms. The van der Waals surface area contributed by atoms with Crippen LogP contribution in [0.25, 0.3) is 5.65 Å². The number of anilines is 3. The van der Waals surface area contributed by atoms with E-state index in [0.29, 0.717) is 11.8 Å². The lowest BCUT2D eigenvalue weighted by atomic mass is 9.85. The number of amides is 1. The van der Waals surface area contributed by atoms with Crippen LogP contribution in [0.1, 0.15) is 25.0 Å². The molecule has 3 heterocycles. The lowest BCUT2D eigenvalue weighted by Gasteiger charge is -2.24. The molecular weight excluding hydrogens is 398 g/mol. The molecular formula is C21H21N7OS. The second kappa shape index (κ2) is 7.83. The van der Waals surface area contributed by atoms with Crippen LogP contribution >= 0.6 is 11.8 Å². The Bertz CT molecular complexity index is 1190. The van der Waals surface area contributed by atoms with Crippen molar-refractivity contribution in [1.29, 1.82) is 0 Å². The molecule has 4 aromatic rings. The SMILES string of the molecule is Cc1cc(Nc2nc(Sc3ccc(NC(=O)C4CCC4)cc3)cc3nccn23)n[nH]1. The number of rotatable bonds is 6. The van der Waals surface area contributed by atoms with Crippen molar-refractivity contribution >= 4 is 40.8 Å². The molecule has 1 aliphatic carbocycles. The summed E-state index contributed by atoms with van der Waals surface area (Å²) in [5.74, 6) is 1.64. The van der Waals surface area contributed by atoms with Gasteiger partial charge in [-0.1, -0.05) is 18.2 Å². The van der Waals surface area contributed by atoms with Gasteiger partial charge >= 0.3 is 0 Å². The van der Waals surface area contributed by atoms with Crippen molar-refractivity contribution in [2.45, 2.75) is 36.1 Å². The van der Waals surface area contributed by atoms with E-state index in [9.17, 15) is 4.79 Å². The summed E-state index contributed by atoms with van der Waals surface area (Å²) in [6.45, 7) is 1.95. The highest BCUT2D eigenvalue weighted by atomic mass is 32.2. The summed E-state index contributed by atoms with van der Waals surface area (Å²) in [5.41, 5.74) is 2.59. The summed E-state index contributed by atoms with van der Waals surface area (Å²) in [6.07, 6.45) is 6.74. The van der Waals surface area contributed by atoms with Crippen molar-refractivity contribution in [3.05, 3.63) is 54.5 Å². The van der Waals surface area contributed by atoms with Gasteiger partial charge in [0, 0.05) is 46.7 Å². The van der Waals surface area contributed by atoms with E-state index in [2.05, 4.69) is 25.8 Å². The quantitative estimate of drug-likeness (QED) is 0.401. The van der Waals surface area contributed by atoms with E-state index >= 15 is 0 Å². The van der Waals surface area contributed by atoms with Crippen LogP contribution in [0, 0.1) is 12.8 Å². The third kappa shape index (κ3) is 3.88. The third-order valence-corrected chi connectivity index (χ3v) is 6.06. The van der Waals surface area contributed by atoms with E-state index in [4.69, 9.17) is 4.98 Å². The zero-order chi connectivity index (χ0) is 20.5. The number of aryl methyl sites for hydroxylation is 1. The molecule has 8 nitrogen and oxygen atoms in total. The van der Waals surface area contributed by atoms with Crippen molar-refractivity contribution in [3.63, 3.8) is 0 Å². The molecule has 0 unspecified atom stereocenters. The number of H-pyrrole nitrogens is 1. The number of hydrogen-bond donors (Lipinski definition) is 3.